The molecule has 0 unspecified atom stereocenters. The summed E-state index contributed by atoms with van der Waals surface area (Å²) in [5, 5.41) is 0. The van der Waals surface area contributed by atoms with Gasteiger partial charge in [0.25, 0.3) is 0 Å². The van der Waals surface area contributed by atoms with Crippen molar-refractivity contribution in [3.05, 3.63) is 12.7 Å². The van der Waals surface area contributed by atoms with Gasteiger partial charge in [0.1, 0.15) is 0 Å². The molecule has 0 bridgehead atoms. The third-order valence-electron chi connectivity index (χ3n) is 3.01. The predicted octanol–water partition coefficient (Wildman–Crippen LogP) is 0.729. The van der Waals surface area contributed by atoms with E-state index in [0.29, 0.717) is 0 Å². The van der Waals surface area contributed by atoms with E-state index in [1.165, 1.54) is 26.8 Å². The van der Waals surface area contributed by atoms with E-state index in [2.05, 4.69) is 6.58 Å². The van der Waals surface area contributed by atoms with E-state index >= 15 is 0 Å². The SMILES string of the molecule is C=CCO[C@@H]1O[C@@H](C)[C@@H](OC(C)=O)[C@@H](OC(C)=O)[C@@H]1OC(C)=O. The van der Waals surface area contributed by atoms with E-state index in [1.54, 1.807) is 6.92 Å². The number of hydrogen-bond donors (Lipinski definition) is 0. The van der Waals surface area contributed by atoms with Crippen molar-refractivity contribution in [3.63, 3.8) is 0 Å². The Morgan fingerprint density at radius 2 is 1.43 bits per heavy atom. The molecular weight excluding hydrogens is 308 g/mol. The van der Waals surface area contributed by atoms with E-state index < -0.39 is 48.6 Å². The molecule has 5 atom stereocenters. The minimum atomic E-state index is -1.07. The van der Waals surface area contributed by atoms with Crippen LogP contribution in [-0.4, -0.2) is 55.2 Å². The highest BCUT2D eigenvalue weighted by atomic mass is 16.7. The van der Waals surface area contributed by atoms with Crippen LogP contribution in [0, 0.1) is 0 Å². The van der Waals surface area contributed by atoms with Crippen LogP contribution in [0.4, 0.5) is 0 Å². The molecule has 1 aliphatic rings. The zero-order chi connectivity index (χ0) is 17.6. The van der Waals surface area contributed by atoms with Crippen LogP contribution in [0.1, 0.15) is 27.7 Å². The first-order valence-electron chi connectivity index (χ1n) is 7.15. The average molecular weight is 330 g/mol. The number of carbonyl (C=O) groups is 3. The molecule has 0 aliphatic carbocycles. The Balaban J connectivity index is 3.10. The second-order valence-electron chi connectivity index (χ2n) is 5.05. The predicted molar refractivity (Wildman–Crippen MR) is 77.1 cm³/mol. The van der Waals surface area contributed by atoms with Gasteiger partial charge in [-0.25, -0.2) is 0 Å². The van der Waals surface area contributed by atoms with Gasteiger partial charge in [-0.05, 0) is 6.92 Å². The van der Waals surface area contributed by atoms with Crippen molar-refractivity contribution in [2.45, 2.75) is 58.4 Å². The van der Waals surface area contributed by atoms with Crippen LogP contribution in [0.15, 0.2) is 12.7 Å². The second kappa shape index (κ2) is 8.64. The van der Waals surface area contributed by atoms with Crippen LogP contribution >= 0.6 is 0 Å². The summed E-state index contributed by atoms with van der Waals surface area (Å²) < 4.78 is 26.6. The fourth-order valence-electron chi connectivity index (χ4n) is 2.27. The van der Waals surface area contributed by atoms with Crippen LogP contribution in [-0.2, 0) is 38.1 Å². The van der Waals surface area contributed by atoms with Gasteiger partial charge in [-0.15, -0.1) is 6.58 Å². The Bertz CT molecular complexity index is 460. The maximum absolute atomic E-state index is 11.4. The van der Waals surface area contributed by atoms with Crippen molar-refractivity contribution >= 4 is 17.9 Å². The largest absolute Gasteiger partial charge is 0.456 e. The van der Waals surface area contributed by atoms with Crippen molar-refractivity contribution in [1.29, 1.82) is 0 Å². The van der Waals surface area contributed by atoms with E-state index in [9.17, 15) is 14.4 Å². The zero-order valence-electron chi connectivity index (χ0n) is 13.6. The summed E-state index contributed by atoms with van der Waals surface area (Å²) in [6, 6.07) is 0. The van der Waals surface area contributed by atoms with Crippen LogP contribution in [0.3, 0.4) is 0 Å². The first-order chi connectivity index (χ1) is 10.8. The van der Waals surface area contributed by atoms with Crippen LogP contribution in [0.2, 0.25) is 0 Å². The third-order valence-corrected chi connectivity index (χ3v) is 3.01. The van der Waals surface area contributed by atoms with Crippen LogP contribution < -0.4 is 0 Å². The van der Waals surface area contributed by atoms with Crippen LogP contribution in [0.25, 0.3) is 0 Å². The van der Waals surface area contributed by atoms with Gasteiger partial charge in [-0.3, -0.25) is 14.4 Å². The Morgan fingerprint density at radius 1 is 0.957 bits per heavy atom. The molecule has 130 valence electrons. The molecule has 0 N–H and O–H groups in total. The monoisotopic (exact) mass is 330 g/mol. The molecule has 0 amide bonds. The quantitative estimate of drug-likeness (QED) is 0.399. The van der Waals surface area contributed by atoms with Gasteiger partial charge < -0.3 is 23.7 Å². The standard InChI is InChI=1S/C15H22O8/c1-6-7-19-15-14(23-11(5)18)13(22-10(4)17)12(8(2)20-15)21-9(3)16/h6,8,12-15H,1,7H2,2-5H3/t8-,12+,13+,14-,15+/m0/s1. The summed E-state index contributed by atoms with van der Waals surface area (Å²) in [7, 11) is 0. The van der Waals surface area contributed by atoms with E-state index in [0.717, 1.165) is 0 Å². The number of carbonyl (C=O) groups excluding carboxylic acids is 3. The zero-order valence-corrected chi connectivity index (χ0v) is 13.6. The molecule has 8 nitrogen and oxygen atoms in total. The van der Waals surface area contributed by atoms with Gasteiger partial charge in [-0.2, -0.15) is 0 Å². The van der Waals surface area contributed by atoms with Crippen LogP contribution in [0.5, 0.6) is 0 Å². The number of ether oxygens (including phenoxy) is 5. The summed E-state index contributed by atoms with van der Waals surface area (Å²) in [6.07, 6.45) is -3.16. The molecular formula is C15H22O8. The molecule has 0 aromatic heterocycles. The van der Waals surface area contributed by atoms with E-state index in [-0.39, 0.29) is 6.61 Å². The van der Waals surface area contributed by atoms with Gasteiger partial charge in [-0.1, -0.05) is 6.08 Å². The maximum Gasteiger partial charge on any atom is 0.303 e. The highest BCUT2D eigenvalue weighted by Crippen LogP contribution is 2.29. The highest BCUT2D eigenvalue weighted by molar-refractivity contribution is 5.68. The van der Waals surface area contributed by atoms with Crippen molar-refractivity contribution in [1.82, 2.24) is 0 Å². The second-order valence-corrected chi connectivity index (χ2v) is 5.05. The first kappa shape index (κ1) is 19.1. The minimum absolute atomic E-state index is 0.139. The number of esters is 3. The van der Waals surface area contributed by atoms with Gasteiger partial charge in [0.05, 0.1) is 12.7 Å². The van der Waals surface area contributed by atoms with Crippen molar-refractivity contribution in [3.8, 4) is 0 Å². The lowest BCUT2D eigenvalue weighted by Gasteiger charge is -2.43. The Morgan fingerprint density at radius 3 is 1.91 bits per heavy atom. The molecule has 0 radical (unpaired) electrons. The summed E-state index contributed by atoms with van der Waals surface area (Å²) in [5.41, 5.74) is 0. The molecule has 0 spiro atoms. The van der Waals surface area contributed by atoms with Gasteiger partial charge >= 0.3 is 17.9 Å². The van der Waals surface area contributed by atoms with Crippen molar-refractivity contribution in [2.24, 2.45) is 0 Å². The van der Waals surface area contributed by atoms with E-state index in [4.69, 9.17) is 23.7 Å². The van der Waals surface area contributed by atoms with Crippen molar-refractivity contribution < 1.29 is 38.1 Å². The lowest BCUT2D eigenvalue weighted by molar-refractivity contribution is -0.298. The molecule has 1 saturated heterocycles. The number of rotatable bonds is 6. The molecule has 1 heterocycles. The smallest absolute Gasteiger partial charge is 0.303 e. The lowest BCUT2D eigenvalue weighted by atomic mass is 9.99. The van der Waals surface area contributed by atoms with Gasteiger partial charge in [0.15, 0.2) is 24.6 Å². The first-order valence-corrected chi connectivity index (χ1v) is 7.15. The normalized spacial score (nSPS) is 30.2. The summed E-state index contributed by atoms with van der Waals surface area (Å²) >= 11 is 0. The van der Waals surface area contributed by atoms with Gasteiger partial charge in [0, 0.05) is 20.8 Å². The highest BCUT2D eigenvalue weighted by Gasteiger charge is 2.50. The molecule has 0 aromatic carbocycles. The molecule has 1 aliphatic heterocycles. The number of hydrogen-bond acceptors (Lipinski definition) is 8. The van der Waals surface area contributed by atoms with Crippen molar-refractivity contribution in [2.75, 3.05) is 6.61 Å². The summed E-state index contributed by atoms with van der Waals surface area (Å²) in [5.74, 6) is -1.80. The molecule has 23 heavy (non-hydrogen) atoms. The molecule has 1 rings (SSSR count). The molecule has 1 fully saturated rings. The Labute approximate surface area is 134 Å². The molecule has 0 aromatic rings. The summed E-state index contributed by atoms with van der Waals surface area (Å²) in [4.78, 5) is 34.1. The third kappa shape index (κ3) is 5.65. The van der Waals surface area contributed by atoms with E-state index in [1.807, 2.05) is 0 Å². The average Bonchev–Trinajstić information content (AvgIpc) is 2.42. The Hall–Kier alpha value is -1.93. The fourth-order valence-corrected chi connectivity index (χ4v) is 2.27. The maximum atomic E-state index is 11.4. The Kier molecular flexibility index (Phi) is 7.18. The minimum Gasteiger partial charge on any atom is -0.456 e. The molecule has 8 heteroatoms. The topological polar surface area (TPSA) is 97.4 Å². The fraction of sp³-hybridized carbons (Fsp3) is 0.667. The molecule has 0 saturated carbocycles. The lowest BCUT2D eigenvalue weighted by Crippen LogP contribution is -2.61. The summed E-state index contributed by atoms with van der Waals surface area (Å²) in [6.45, 7) is 8.93. The van der Waals surface area contributed by atoms with Gasteiger partial charge in [0.2, 0.25) is 0 Å².